The number of hydrogen-bond acceptors (Lipinski definition) is 4. The van der Waals surface area contributed by atoms with Crippen molar-refractivity contribution in [3.63, 3.8) is 0 Å². The molecule has 0 aromatic carbocycles. The zero-order valence-electron chi connectivity index (χ0n) is 22.7. The highest BCUT2D eigenvalue weighted by Gasteiger charge is 2.60. The van der Waals surface area contributed by atoms with Crippen molar-refractivity contribution in [2.24, 2.45) is 23.7 Å². The first-order chi connectivity index (χ1) is 17.4. The van der Waals surface area contributed by atoms with Crippen LogP contribution < -0.4 is 5.32 Å². The second kappa shape index (κ2) is 11.3. The second-order valence-corrected chi connectivity index (χ2v) is 12.8. The van der Waals surface area contributed by atoms with Gasteiger partial charge in [-0.2, -0.15) is 0 Å². The first kappa shape index (κ1) is 26.4. The van der Waals surface area contributed by atoms with Crippen LogP contribution in [0, 0.1) is 23.7 Å². The van der Waals surface area contributed by atoms with E-state index in [1.54, 1.807) is 6.92 Å². The molecule has 3 aliphatic heterocycles. The van der Waals surface area contributed by atoms with Crippen LogP contribution in [0.5, 0.6) is 0 Å². The summed E-state index contributed by atoms with van der Waals surface area (Å²) in [6.45, 7) is 10.1. The van der Waals surface area contributed by atoms with E-state index in [1.807, 2.05) is 4.90 Å². The maximum absolute atomic E-state index is 15.5. The molecule has 6 nitrogen and oxygen atoms in total. The number of nitrogens with zero attached hydrogens (tertiary/aromatic N) is 3. The second-order valence-electron chi connectivity index (χ2n) is 12.8. The van der Waals surface area contributed by atoms with Gasteiger partial charge in [0.1, 0.15) is 6.17 Å². The van der Waals surface area contributed by atoms with Crippen molar-refractivity contribution in [3.05, 3.63) is 0 Å². The van der Waals surface area contributed by atoms with Gasteiger partial charge in [0.05, 0.1) is 6.04 Å². The number of likely N-dealkylation sites (tertiary alicyclic amines) is 1. The standard InChI is InChI=1S/C29H49FN4O2/c1-21-11-12-26(30)25-18-27(31-29(21,25)24-9-5-3-4-6-10-24)28(36)34-13-7-8-23(20-34)19-32-14-16-33(17-15-32)22(2)35/h21,23-27,31H,3-20H2,1-2H3. The zero-order chi connectivity index (χ0) is 25.3. The van der Waals surface area contributed by atoms with E-state index in [-0.39, 0.29) is 29.3 Å². The van der Waals surface area contributed by atoms with E-state index in [4.69, 9.17) is 0 Å². The van der Waals surface area contributed by atoms with Gasteiger partial charge in [-0.05, 0) is 62.7 Å². The normalized spacial score (nSPS) is 39.0. The van der Waals surface area contributed by atoms with E-state index in [9.17, 15) is 9.59 Å². The molecule has 36 heavy (non-hydrogen) atoms. The lowest BCUT2D eigenvalue weighted by Gasteiger charge is -2.51. The van der Waals surface area contributed by atoms with Gasteiger partial charge in [-0.3, -0.25) is 19.8 Å². The number of piperazine rings is 1. The zero-order valence-corrected chi connectivity index (χ0v) is 22.7. The fraction of sp³-hybridized carbons (Fsp3) is 0.931. The maximum Gasteiger partial charge on any atom is 0.239 e. The Balaban J connectivity index is 1.23. The number of piperidine rings is 1. The number of amides is 2. The fourth-order valence-electron chi connectivity index (χ4n) is 8.71. The fourth-order valence-corrected chi connectivity index (χ4v) is 8.71. The predicted octanol–water partition coefficient (Wildman–Crippen LogP) is 3.84. The third kappa shape index (κ3) is 5.21. The molecule has 0 aromatic heterocycles. The van der Waals surface area contributed by atoms with Crippen molar-refractivity contribution in [1.29, 1.82) is 0 Å². The van der Waals surface area contributed by atoms with Crippen LogP contribution in [0.2, 0.25) is 0 Å². The molecule has 2 amide bonds. The van der Waals surface area contributed by atoms with Gasteiger partial charge >= 0.3 is 0 Å². The summed E-state index contributed by atoms with van der Waals surface area (Å²) in [5.74, 6) is 1.79. The topological polar surface area (TPSA) is 55.9 Å². The van der Waals surface area contributed by atoms with Crippen LogP contribution in [0.15, 0.2) is 0 Å². The molecule has 5 rings (SSSR count). The SMILES string of the molecule is CC(=O)N1CCN(CC2CCCN(C(=O)C3CC4C(F)CCC(C)C4(C4CCCCCC4)N3)C2)CC1. The minimum absolute atomic E-state index is 0.0172. The molecule has 3 saturated heterocycles. The summed E-state index contributed by atoms with van der Waals surface area (Å²) >= 11 is 0. The summed E-state index contributed by atoms with van der Waals surface area (Å²) in [4.78, 5) is 32.0. The molecule has 0 bridgehead atoms. The van der Waals surface area contributed by atoms with Gasteiger partial charge in [0.2, 0.25) is 11.8 Å². The first-order valence-electron chi connectivity index (χ1n) is 15.1. The van der Waals surface area contributed by atoms with Crippen LogP contribution in [-0.2, 0) is 9.59 Å². The van der Waals surface area contributed by atoms with Gasteiger partial charge in [0.15, 0.2) is 0 Å². The van der Waals surface area contributed by atoms with Gasteiger partial charge < -0.3 is 9.80 Å². The van der Waals surface area contributed by atoms with Crippen molar-refractivity contribution in [2.75, 3.05) is 45.8 Å². The Kier molecular flexibility index (Phi) is 8.26. The molecule has 5 fully saturated rings. The molecule has 2 saturated carbocycles. The van der Waals surface area contributed by atoms with Gasteiger partial charge in [-0.25, -0.2) is 4.39 Å². The summed E-state index contributed by atoms with van der Waals surface area (Å²) < 4.78 is 15.5. The summed E-state index contributed by atoms with van der Waals surface area (Å²) in [5, 5.41) is 3.91. The van der Waals surface area contributed by atoms with Crippen molar-refractivity contribution >= 4 is 11.8 Å². The molecule has 6 unspecified atom stereocenters. The molecule has 0 aromatic rings. The molecular weight excluding hydrogens is 455 g/mol. The monoisotopic (exact) mass is 504 g/mol. The molecule has 7 heteroatoms. The van der Waals surface area contributed by atoms with Crippen LogP contribution in [0.1, 0.15) is 84.5 Å². The third-order valence-corrected chi connectivity index (χ3v) is 10.6. The molecule has 0 radical (unpaired) electrons. The number of fused-ring (bicyclic) bond motifs is 1. The highest BCUT2D eigenvalue weighted by atomic mass is 19.1. The Morgan fingerprint density at radius 3 is 2.31 bits per heavy atom. The molecule has 3 heterocycles. The van der Waals surface area contributed by atoms with E-state index in [2.05, 4.69) is 22.0 Å². The van der Waals surface area contributed by atoms with Crippen LogP contribution in [0.25, 0.3) is 0 Å². The Bertz CT molecular complexity index is 779. The lowest BCUT2D eigenvalue weighted by molar-refractivity contribution is -0.136. The lowest BCUT2D eigenvalue weighted by Crippen LogP contribution is -2.62. The average Bonchev–Trinajstić information content (AvgIpc) is 3.10. The first-order valence-corrected chi connectivity index (χ1v) is 15.1. The third-order valence-electron chi connectivity index (χ3n) is 10.6. The van der Waals surface area contributed by atoms with E-state index in [1.165, 1.54) is 38.5 Å². The van der Waals surface area contributed by atoms with Crippen LogP contribution in [0.3, 0.4) is 0 Å². The molecular formula is C29H49FN4O2. The number of carbonyl (C=O) groups is 2. The van der Waals surface area contributed by atoms with Crippen LogP contribution >= 0.6 is 0 Å². The molecule has 6 atom stereocenters. The molecule has 0 spiro atoms. The minimum atomic E-state index is -0.780. The van der Waals surface area contributed by atoms with Crippen molar-refractivity contribution in [3.8, 4) is 0 Å². The molecule has 204 valence electrons. The van der Waals surface area contributed by atoms with E-state index < -0.39 is 6.17 Å². The molecule has 1 N–H and O–H groups in total. The van der Waals surface area contributed by atoms with Crippen LogP contribution in [-0.4, -0.2) is 90.1 Å². The number of halogens is 1. The number of carbonyl (C=O) groups excluding carboxylic acids is 2. The Morgan fingerprint density at radius 1 is 0.889 bits per heavy atom. The molecule has 2 aliphatic carbocycles. The number of alkyl halides is 1. The Labute approximate surface area is 217 Å². The smallest absolute Gasteiger partial charge is 0.239 e. The van der Waals surface area contributed by atoms with Crippen LogP contribution in [0.4, 0.5) is 4.39 Å². The summed E-state index contributed by atoms with van der Waals surface area (Å²) in [6.07, 6.45) is 11.2. The van der Waals surface area contributed by atoms with E-state index >= 15 is 4.39 Å². The largest absolute Gasteiger partial charge is 0.341 e. The number of rotatable bonds is 4. The van der Waals surface area contributed by atoms with Gasteiger partial charge in [-0.15, -0.1) is 0 Å². The highest BCUT2D eigenvalue weighted by Crippen LogP contribution is 2.53. The lowest BCUT2D eigenvalue weighted by atomic mass is 9.59. The quantitative estimate of drug-likeness (QED) is 0.591. The summed E-state index contributed by atoms with van der Waals surface area (Å²) in [6, 6.07) is -0.227. The van der Waals surface area contributed by atoms with Gasteiger partial charge in [-0.1, -0.05) is 32.6 Å². The number of hydrogen-bond donors (Lipinski definition) is 1. The molecule has 5 aliphatic rings. The van der Waals surface area contributed by atoms with Crippen molar-refractivity contribution in [2.45, 2.75) is 102 Å². The Morgan fingerprint density at radius 2 is 1.61 bits per heavy atom. The highest BCUT2D eigenvalue weighted by molar-refractivity contribution is 5.82. The van der Waals surface area contributed by atoms with E-state index in [0.717, 1.165) is 65.1 Å². The number of nitrogens with one attached hydrogen (secondary N) is 1. The summed E-state index contributed by atoms with van der Waals surface area (Å²) in [5.41, 5.74) is -0.200. The van der Waals surface area contributed by atoms with Gasteiger partial charge in [0.25, 0.3) is 0 Å². The van der Waals surface area contributed by atoms with Crippen molar-refractivity contribution in [1.82, 2.24) is 20.0 Å². The Hall–Kier alpha value is -1.21. The maximum atomic E-state index is 15.5. The average molecular weight is 505 g/mol. The summed E-state index contributed by atoms with van der Waals surface area (Å²) in [7, 11) is 0. The van der Waals surface area contributed by atoms with E-state index in [0.29, 0.717) is 30.6 Å². The van der Waals surface area contributed by atoms with Gasteiger partial charge in [0, 0.05) is 64.2 Å². The minimum Gasteiger partial charge on any atom is -0.341 e. The van der Waals surface area contributed by atoms with Crippen molar-refractivity contribution < 1.29 is 14.0 Å². The predicted molar refractivity (Wildman–Crippen MR) is 140 cm³/mol.